The van der Waals surface area contributed by atoms with Crippen molar-refractivity contribution in [3.8, 4) is 0 Å². The number of rotatable bonds is 6. The third kappa shape index (κ3) is 4.89. The molecule has 0 bridgehead atoms. The molecular weight excluding hydrogens is 240 g/mol. The number of ether oxygens (including phenoxy) is 1. The van der Waals surface area contributed by atoms with Crippen molar-refractivity contribution in [2.75, 3.05) is 26.8 Å². The van der Waals surface area contributed by atoms with Crippen LogP contribution in [0.5, 0.6) is 0 Å². The van der Waals surface area contributed by atoms with Crippen LogP contribution in [0.1, 0.15) is 12.8 Å². The van der Waals surface area contributed by atoms with Crippen molar-refractivity contribution in [2.45, 2.75) is 12.8 Å². The number of hydrogen-bond acceptors (Lipinski definition) is 3. The highest BCUT2D eigenvalue weighted by molar-refractivity contribution is 5.81. The van der Waals surface area contributed by atoms with Crippen LogP contribution in [0.25, 0.3) is 0 Å². The van der Waals surface area contributed by atoms with E-state index < -0.39 is 0 Å². The maximum Gasteiger partial charge on any atom is 0.213 e. The standard InChI is InChI=1S/C14H22N4O/c1-18(9-10-19-11-12-7-8-12)14(17-15)16-13-5-3-2-4-6-13/h2-6,12H,7-11,15H2,1H3,(H,16,17). The van der Waals surface area contributed by atoms with E-state index in [1.807, 2.05) is 42.3 Å². The van der Waals surface area contributed by atoms with E-state index in [9.17, 15) is 0 Å². The minimum atomic E-state index is 0.640. The van der Waals surface area contributed by atoms with Gasteiger partial charge in [-0.05, 0) is 30.9 Å². The number of nitrogens with zero attached hydrogens (tertiary/aromatic N) is 2. The van der Waals surface area contributed by atoms with Crippen molar-refractivity contribution in [3.63, 3.8) is 0 Å². The molecule has 0 spiro atoms. The van der Waals surface area contributed by atoms with Crippen LogP contribution in [-0.4, -0.2) is 37.7 Å². The molecule has 1 aromatic rings. The van der Waals surface area contributed by atoms with E-state index in [0.717, 1.165) is 24.8 Å². The summed E-state index contributed by atoms with van der Waals surface area (Å²) in [6, 6.07) is 9.74. The summed E-state index contributed by atoms with van der Waals surface area (Å²) >= 11 is 0. The van der Waals surface area contributed by atoms with E-state index >= 15 is 0 Å². The first-order valence-electron chi connectivity index (χ1n) is 6.69. The molecule has 19 heavy (non-hydrogen) atoms. The van der Waals surface area contributed by atoms with Crippen molar-refractivity contribution < 1.29 is 4.74 Å². The van der Waals surface area contributed by atoms with Gasteiger partial charge >= 0.3 is 0 Å². The maximum atomic E-state index is 5.61. The van der Waals surface area contributed by atoms with Crippen LogP contribution >= 0.6 is 0 Å². The molecule has 5 heteroatoms. The van der Waals surface area contributed by atoms with Crippen molar-refractivity contribution >= 4 is 11.6 Å². The first kappa shape index (κ1) is 13.8. The fourth-order valence-corrected chi connectivity index (χ4v) is 1.69. The zero-order chi connectivity index (χ0) is 13.5. The lowest BCUT2D eigenvalue weighted by Gasteiger charge is -2.20. The number of para-hydroxylation sites is 1. The Balaban J connectivity index is 1.79. The second-order valence-corrected chi connectivity index (χ2v) is 4.86. The Bertz CT molecular complexity index is 403. The average Bonchev–Trinajstić information content (AvgIpc) is 3.26. The van der Waals surface area contributed by atoms with Gasteiger partial charge in [-0.15, -0.1) is 0 Å². The molecular formula is C14H22N4O. The van der Waals surface area contributed by atoms with Crippen LogP contribution in [0.4, 0.5) is 5.69 Å². The van der Waals surface area contributed by atoms with E-state index in [0.29, 0.717) is 12.6 Å². The number of aliphatic imine (C=N–C) groups is 1. The predicted octanol–water partition coefficient (Wildman–Crippen LogP) is 1.50. The van der Waals surface area contributed by atoms with Crippen molar-refractivity contribution in [1.29, 1.82) is 0 Å². The molecule has 0 saturated heterocycles. The van der Waals surface area contributed by atoms with Crippen LogP contribution in [0, 0.1) is 5.92 Å². The van der Waals surface area contributed by atoms with Crippen molar-refractivity contribution in [3.05, 3.63) is 30.3 Å². The highest BCUT2D eigenvalue weighted by Crippen LogP contribution is 2.28. The summed E-state index contributed by atoms with van der Waals surface area (Å²) < 4.78 is 5.61. The number of benzene rings is 1. The molecule has 3 N–H and O–H groups in total. The fraction of sp³-hybridized carbons (Fsp3) is 0.500. The van der Waals surface area contributed by atoms with Crippen LogP contribution < -0.4 is 11.3 Å². The van der Waals surface area contributed by atoms with E-state index in [-0.39, 0.29) is 0 Å². The van der Waals surface area contributed by atoms with E-state index in [1.165, 1.54) is 12.8 Å². The Morgan fingerprint density at radius 1 is 1.42 bits per heavy atom. The number of hydrogen-bond donors (Lipinski definition) is 2. The Kier molecular flexibility index (Phi) is 5.18. The van der Waals surface area contributed by atoms with Crippen LogP contribution in [0.15, 0.2) is 35.3 Å². The Morgan fingerprint density at radius 3 is 2.79 bits per heavy atom. The molecule has 2 rings (SSSR count). The van der Waals surface area contributed by atoms with Gasteiger partial charge in [-0.1, -0.05) is 18.2 Å². The van der Waals surface area contributed by atoms with Crippen LogP contribution in [0.3, 0.4) is 0 Å². The molecule has 1 aromatic carbocycles. The topological polar surface area (TPSA) is 62.9 Å². The number of hydrazine groups is 1. The molecule has 1 aliphatic rings. The number of nitrogens with two attached hydrogens (primary N) is 1. The molecule has 0 heterocycles. The van der Waals surface area contributed by atoms with Gasteiger partial charge in [0, 0.05) is 20.2 Å². The van der Waals surface area contributed by atoms with E-state index in [1.54, 1.807) is 0 Å². The van der Waals surface area contributed by atoms with Crippen molar-refractivity contribution in [1.82, 2.24) is 10.3 Å². The molecule has 0 aromatic heterocycles. The summed E-state index contributed by atoms with van der Waals surface area (Å²) in [6.45, 7) is 2.35. The minimum Gasteiger partial charge on any atom is -0.379 e. The molecule has 0 unspecified atom stereocenters. The number of likely N-dealkylation sites (N-methyl/N-ethyl adjacent to an activating group) is 1. The lowest BCUT2D eigenvalue weighted by Crippen LogP contribution is -2.43. The molecule has 0 amide bonds. The van der Waals surface area contributed by atoms with Crippen LogP contribution in [-0.2, 0) is 4.74 Å². The number of nitrogens with one attached hydrogen (secondary N) is 1. The molecule has 5 nitrogen and oxygen atoms in total. The molecule has 1 saturated carbocycles. The largest absolute Gasteiger partial charge is 0.379 e. The summed E-state index contributed by atoms with van der Waals surface area (Å²) in [4.78, 5) is 6.41. The molecule has 0 atom stereocenters. The van der Waals surface area contributed by atoms with Gasteiger partial charge < -0.3 is 9.64 Å². The monoisotopic (exact) mass is 262 g/mol. The van der Waals surface area contributed by atoms with Gasteiger partial charge in [-0.25, -0.2) is 10.8 Å². The zero-order valence-electron chi connectivity index (χ0n) is 11.4. The third-order valence-corrected chi connectivity index (χ3v) is 3.10. The first-order valence-corrected chi connectivity index (χ1v) is 6.69. The van der Waals surface area contributed by atoms with Gasteiger partial charge in [0.25, 0.3) is 0 Å². The summed E-state index contributed by atoms with van der Waals surface area (Å²) in [6.07, 6.45) is 2.64. The highest BCUT2D eigenvalue weighted by atomic mass is 16.5. The molecule has 1 aliphatic carbocycles. The smallest absolute Gasteiger partial charge is 0.213 e. The summed E-state index contributed by atoms with van der Waals surface area (Å²) in [7, 11) is 1.95. The summed E-state index contributed by atoms with van der Waals surface area (Å²) in [5.74, 6) is 6.96. The van der Waals surface area contributed by atoms with Gasteiger partial charge in [-0.3, -0.25) is 5.43 Å². The zero-order valence-corrected chi connectivity index (χ0v) is 11.4. The van der Waals surface area contributed by atoms with Gasteiger partial charge in [0.05, 0.1) is 12.3 Å². The van der Waals surface area contributed by atoms with Crippen LogP contribution in [0.2, 0.25) is 0 Å². The lowest BCUT2D eigenvalue weighted by atomic mass is 10.3. The summed E-state index contributed by atoms with van der Waals surface area (Å²) in [5, 5.41) is 0. The maximum absolute atomic E-state index is 5.61. The van der Waals surface area contributed by atoms with Gasteiger partial charge in [0.2, 0.25) is 5.96 Å². The van der Waals surface area contributed by atoms with Crippen molar-refractivity contribution in [2.24, 2.45) is 16.8 Å². The van der Waals surface area contributed by atoms with Gasteiger partial charge in [-0.2, -0.15) is 0 Å². The lowest BCUT2D eigenvalue weighted by molar-refractivity contribution is 0.115. The second-order valence-electron chi connectivity index (χ2n) is 4.86. The minimum absolute atomic E-state index is 0.640. The second kappa shape index (κ2) is 7.11. The highest BCUT2D eigenvalue weighted by Gasteiger charge is 2.21. The SMILES string of the molecule is CN(CCOCC1CC1)C(=Nc1ccccc1)NN. The van der Waals surface area contributed by atoms with E-state index in [4.69, 9.17) is 10.6 Å². The van der Waals surface area contributed by atoms with E-state index in [2.05, 4.69) is 10.4 Å². The fourth-order valence-electron chi connectivity index (χ4n) is 1.69. The molecule has 0 radical (unpaired) electrons. The molecule has 104 valence electrons. The summed E-state index contributed by atoms with van der Waals surface area (Å²) in [5.41, 5.74) is 3.51. The third-order valence-electron chi connectivity index (χ3n) is 3.10. The quantitative estimate of drug-likeness (QED) is 0.268. The average molecular weight is 262 g/mol. The molecule has 0 aliphatic heterocycles. The molecule has 1 fully saturated rings. The Labute approximate surface area is 114 Å². The normalized spacial score (nSPS) is 15.4. The van der Waals surface area contributed by atoms with Gasteiger partial charge in [0.15, 0.2) is 0 Å². The predicted molar refractivity (Wildman–Crippen MR) is 77.0 cm³/mol. The Morgan fingerprint density at radius 2 is 2.16 bits per heavy atom. The van der Waals surface area contributed by atoms with Gasteiger partial charge in [0.1, 0.15) is 0 Å². The first-order chi connectivity index (χ1) is 9.29. The number of guanidine groups is 1. The Hall–Kier alpha value is -1.59.